The van der Waals surface area contributed by atoms with Crippen molar-refractivity contribution < 1.29 is 23.0 Å². The highest BCUT2D eigenvalue weighted by Gasteiger charge is 2.04. The number of ether oxygens (including phenoxy) is 2. The van der Waals surface area contributed by atoms with Gasteiger partial charge < -0.3 is 9.47 Å². The van der Waals surface area contributed by atoms with Gasteiger partial charge in [-0.2, -0.15) is 8.78 Å². The lowest BCUT2D eigenvalue weighted by atomic mass is 10.2. The lowest BCUT2D eigenvalue weighted by molar-refractivity contribution is -0.128. The second-order valence-corrected chi connectivity index (χ2v) is 4.95. The van der Waals surface area contributed by atoms with E-state index in [1.54, 1.807) is 36.4 Å². The summed E-state index contributed by atoms with van der Waals surface area (Å²) in [6.45, 7) is -2.88. The SMILES string of the molecule is O=C(/C=C/c1ccc(OC(F)F)cc1)Oc1ccc(-n2cnnn2)cc1. The number of esters is 1. The maximum Gasteiger partial charge on any atom is 0.387 e. The Kier molecular flexibility index (Phi) is 5.28. The van der Waals surface area contributed by atoms with Gasteiger partial charge in [-0.25, -0.2) is 9.48 Å². The smallest absolute Gasteiger partial charge is 0.387 e. The van der Waals surface area contributed by atoms with Gasteiger partial charge in [0.15, 0.2) is 0 Å². The average Bonchev–Trinajstić information content (AvgIpc) is 3.16. The quantitative estimate of drug-likeness (QED) is 0.383. The molecule has 0 saturated heterocycles. The van der Waals surface area contributed by atoms with E-state index in [4.69, 9.17) is 4.74 Å². The van der Waals surface area contributed by atoms with Gasteiger partial charge in [0.25, 0.3) is 0 Å². The summed E-state index contributed by atoms with van der Waals surface area (Å²) in [7, 11) is 0. The Hall–Kier alpha value is -3.62. The van der Waals surface area contributed by atoms with Crippen LogP contribution in [0.2, 0.25) is 0 Å². The Balaban J connectivity index is 1.57. The number of halogens is 2. The Morgan fingerprint density at radius 3 is 2.35 bits per heavy atom. The first-order valence-corrected chi connectivity index (χ1v) is 7.38. The van der Waals surface area contributed by atoms with Crippen molar-refractivity contribution in [1.82, 2.24) is 20.2 Å². The maximum absolute atomic E-state index is 12.1. The molecule has 0 radical (unpaired) electrons. The molecular weight excluding hydrogens is 346 g/mol. The van der Waals surface area contributed by atoms with Crippen molar-refractivity contribution in [3.05, 3.63) is 66.5 Å². The standard InChI is InChI=1S/C17H12F2N4O3/c18-17(19)26-15-6-1-12(2-7-15)3-10-16(24)25-14-8-4-13(5-9-14)23-11-20-21-22-23/h1-11,17H/b10-3+. The molecule has 7 nitrogen and oxygen atoms in total. The van der Waals surface area contributed by atoms with Gasteiger partial charge in [0, 0.05) is 6.08 Å². The first kappa shape index (κ1) is 17.2. The number of alkyl halides is 2. The molecule has 0 atom stereocenters. The summed E-state index contributed by atoms with van der Waals surface area (Å²) in [6, 6.07) is 12.5. The van der Waals surface area contributed by atoms with Crippen LogP contribution in [0.15, 0.2) is 60.9 Å². The molecule has 132 valence electrons. The molecule has 3 rings (SSSR count). The number of hydrogen-bond acceptors (Lipinski definition) is 6. The lowest BCUT2D eigenvalue weighted by Crippen LogP contribution is -2.04. The zero-order chi connectivity index (χ0) is 18.4. The predicted octanol–water partition coefficient (Wildman–Crippen LogP) is 2.88. The van der Waals surface area contributed by atoms with E-state index in [1.165, 1.54) is 35.3 Å². The molecule has 0 bridgehead atoms. The largest absolute Gasteiger partial charge is 0.435 e. The predicted molar refractivity (Wildman–Crippen MR) is 86.9 cm³/mol. The van der Waals surface area contributed by atoms with Gasteiger partial charge >= 0.3 is 12.6 Å². The molecule has 0 aliphatic heterocycles. The van der Waals surface area contributed by atoms with Crippen molar-refractivity contribution in [3.8, 4) is 17.2 Å². The van der Waals surface area contributed by atoms with Crippen LogP contribution >= 0.6 is 0 Å². The second kappa shape index (κ2) is 7.97. The van der Waals surface area contributed by atoms with Crippen molar-refractivity contribution in [3.63, 3.8) is 0 Å². The van der Waals surface area contributed by atoms with Crippen LogP contribution in [0.5, 0.6) is 11.5 Å². The molecule has 26 heavy (non-hydrogen) atoms. The van der Waals surface area contributed by atoms with Gasteiger partial charge in [0.2, 0.25) is 0 Å². The molecular formula is C17H12F2N4O3. The molecule has 0 saturated carbocycles. The first-order valence-electron chi connectivity index (χ1n) is 7.38. The summed E-state index contributed by atoms with van der Waals surface area (Å²) >= 11 is 0. The highest BCUT2D eigenvalue weighted by Crippen LogP contribution is 2.17. The summed E-state index contributed by atoms with van der Waals surface area (Å²) in [5.74, 6) is -0.173. The van der Waals surface area contributed by atoms with E-state index in [2.05, 4.69) is 20.3 Å². The third kappa shape index (κ3) is 4.69. The van der Waals surface area contributed by atoms with E-state index in [-0.39, 0.29) is 5.75 Å². The molecule has 0 unspecified atom stereocenters. The molecule has 0 amide bonds. The molecule has 1 heterocycles. The molecule has 1 aromatic heterocycles. The van der Waals surface area contributed by atoms with Crippen LogP contribution in [0.25, 0.3) is 11.8 Å². The van der Waals surface area contributed by atoms with Crippen LogP contribution in [-0.4, -0.2) is 32.8 Å². The number of carbonyl (C=O) groups excluding carboxylic acids is 1. The van der Waals surface area contributed by atoms with Crippen LogP contribution in [0, 0.1) is 0 Å². The van der Waals surface area contributed by atoms with Gasteiger partial charge in [-0.05, 0) is 58.5 Å². The van der Waals surface area contributed by atoms with Gasteiger partial charge in [0.1, 0.15) is 17.8 Å². The fraction of sp³-hybridized carbons (Fsp3) is 0.0588. The minimum atomic E-state index is -2.88. The third-order valence-corrected chi connectivity index (χ3v) is 3.19. The number of aromatic nitrogens is 4. The Bertz CT molecular complexity index is 879. The number of tetrazole rings is 1. The fourth-order valence-electron chi connectivity index (χ4n) is 2.02. The summed E-state index contributed by atoms with van der Waals surface area (Å²) in [5, 5.41) is 10.8. The highest BCUT2D eigenvalue weighted by molar-refractivity contribution is 5.88. The number of benzene rings is 2. The average molecular weight is 358 g/mol. The van der Waals surface area contributed by atoms with Crippen LogP contribution in [0.4, 0.5) is 8.78 Å². The number of nitrogens with zero attached hydrogens (tertiary/aromatic N) is 4. The number of hydrogen-bond donors (Lipinski definition) is 0. The van der Waals surface area contributed by atoms with Gasteiger partial charge in [0.05, 0.1) is 5.69 Å². The van der Waals surface area contributed by atoms with E-state index < -0.39 is 12.6 Å². The minimum absolute atomic E-state index is 0.0439. The molecule has 9 heteroatoms. The van der Waals surface area contributed by atoms with E-state index in [0.29, 0.717) is 11.3 Å². The Morgan fingerprint density at radius 1 is 1.04 bits per heavy atom. The molecule has 0 fully saturated rings. The zero-order valence-corrected chi connectivity index (χ0v) is 13.2. The lowest BCUT2D eigenvalue weighted by Gasteiger charge is -2.04. The van der Waals surface area contributed by atoms with Gasteiger partial charge in [-0.15, -0.1) is 5.10 Å². The van der Waals surface area contributed by atoms with E-state index in [1.807, 2.05) is 0 Å². The summed E-state index contributed by atoms with van der Waals surface area (Å²) < 4.78 is 35.0. The van der Waals surface area contributed by atoms with Gasteiger partial charge in [-0.1, -0.05) is 12.1 Å². The number of rotatable bonds is 6. The third-order valence-electron chi connectivity index (χ3n) is 3.19. The fourth-order valence-corrected chi connectivity index (χ4v) is 2.02. The minimum Gasteiger partial charge on any atom is -0.435 e. The molecule has 0 aliphatic rings. The molecule has 2 aromatic carbocycles. The second-order valence-electron chi connectivity index (χ2n) is 4.95. The van der Waals surface area contributed by atoms with Crippen LogP contribution in [0.1, 0.15) is 5.56 Å². The van der Waals surface area contributed by atoms with Crippen LogP contribution in [-0.2, 0) is 4.79 Å². The van der Waals surface area contributed by atoms with Crippen molar-refractivity contribution in [2.75, 3.05) is 0 Å². The van der Waals surface area contributed by atoms with Crippen LogP contribution < -0.4 is 9.47 Å². The summed E-state index contributed by atoms with van der Waals surface area (Å²) in [5.41, 5.74) is 1.36. The summed E-state index contributed by atoms with van der Waals surface area (Å²) in [4.78, 5) is 11.8. The van der Waals surface area contributed by atoms with Crippen LogP contribution in [0.3, 0.4) is 0 Å². The van der Waals surface area contributed by atoms with E-state index in [0.717, 1.165) is 5.69 Å². The first-order chi connectivity index (χ1) is 12.6. The topological polar surface area (TPSA) is 79.1 Å². The van der Waals surface area contributed by atoms with Crippen molar-refractivity contribution in [2.45, 2.75) is 6.61 Å². The van der Waals surface area contributed by atoms with Crippen molar-refractivity contribution >= 4 is 12.0 Å². The molecule has 3 aromatic rings. The van der Waals surface area contributed by atoms with Crippen molar-refractivity contribution in [2.24, 2.45) is 0 Å². The number of carbonyl (C=O) groups is 1. The molecule has 0 N–H and O–H groups in total. The summed E-state index contributed by atoms with van der Waals surface area (Å²) in [6.07, 6.45) is 4.18. The van der Waals surface area contributed by atoms with Gasteiger partial charge in [-0.3, -0.25) is 0 Å². The Labute approximate surface area is 146 Å². The van der Waals surface area contributed by atoms with Crippen molar-refractivity contribution in [1.29, 1.82) is 0 Å². The monoisotopic (exact) mass is 358 g/mol. The molecule has 0 spiro atoms. The zero-order valence-electron chi connectivity index (χ0n) is 13.2. The highest BCUT2D eigenvalue weighted by atomic mass is 19.3. The van der Waals surface area contributed by atoms with E-state index in [9.17, 15) is 13.6 Å². The molecule has 0 aliphatic carbocycles. The maximum atomic E-state index is 12.1. The Morgan fingerprint density at radius 2 is 1.73 bits per heavy atom. The normalized spacial score (nSPS) is 11.0. The van der Waals surface area contributed by atoms with E-state index >= 15 is 0 Å².